The zero-order chi connectivity index (χ0) is 12.9. The summed E-state index contributed by atoms with van der Waals surface area (Å²) in [6.07, 6.45) is 3.39. The minimum Gasteiger partial charge on any atom is -0.389 e. The van der Waals surface area contributed by atoms with Crippen LogP contribution < -0.4 is 5.32 Å². The molecule has 1 heterocycles. The summed E-state index contributed by atoms with van der Waals surface area (Å²) >= 11 is 0. The Hall–Kier alpha value is -0.870. The van der Waals surface area contributed by atoms with E-state index in [9.17, 15) is 5.11 Å². The van der Waals surface area contributed by atoms with E-state index in [0.717, 1.165) is 25.1 Å². The van der Waals surface area contributed by atoms with Crippen molar-refractivity contribution in [2.75, 3.05) is 13.1 Å². The molecule has 0 saturated heterocycles. The molecule has 1 rings (SSSR count). The van der Waals surface area contributed by atoms with Gasteiger partial charge in [-0.2, -0.15) is 5.10 Å². The molecule has 0 amide bonds. The summed E-state index contributed by atoms with van der Waals surface area (Å²) in [6, 6.07) is 2.00. The third kappa shape index (κ3) is 5.33. The number of nitrogens with zero attached hydrogens (tertiary/aromatic N) is 2. The molecule has 2 N–H and O–H groups in total. The lowest BCUT2D eigenvalue weighted by molar-refractivity contribution is 0.0501. The van der Waals surface area contributed by atoms with Crippen LogP contribution in [0.2, 0.25) is 0 Å². The predicted octanol–water partition coefficient (Wildman–Crippen LogP) is 1.35. The van der Waals surface area contributed by atoms with Gasteiger partial charge in [0.25, 0.3) is 0 Å². The number of rotatable bonds is 7. The number of aryl methyl sites for hydroxylation is 2. The van der Waals surface area contributed by atoms with Crippen LogP contribution in [0.1, 0.15) is 32.9 Å². The van der Waals surface area contributed by atoms with Crippen LogP contribution in [0.3, 0.4) is 0 Å². The van der Waals surface area contributed by atoms with Crippen molar-refractivity contribution in [1.29, 1.82) is 0 Å². The molecule has 0 saturated carbocycles. The van der Waals surface area contributed by atoms with Crippen LogP contribution in [0.25, 0.3) is 0 Å². The van der Waals surface area contributed by atoms with Crippen LogP contribution in [0.15, 0.2) is 12.3 Å². The van der Waals surface area contributed by atoms with Gasteiger partial charge in [-0.3, -0.25) is 4.68 Å². The molecule has 0 fully saturated rings. The van der Waals surface area contributed by atoms with E-state index in [1.165, 1.54) is 0 Å². The van der Waals surface area contributed by atoms with Crippen molar-refractivity contribution in [1.82, 2.24) is 15.1 Å². The van der Waals surface area contributed by atoms with Gasteiger partial charge in [-0.25, -0.2) is 0 Å². The second-order valence-electron chi connectivity index (χ2n) is 5.47. The second kappa shape index (κ2) is 6.17. The zero-order valence-corrected chi connectivity index (χ0v) is 11.4. The van der Waals surface area contributed by atoms with Crippen molar-refractivity contribution in [3.63, 3.8) is 0 Å². The first-order valence-electron chi connectivity index (χ1n) is 6.31. The molecule has 1 unspecified atom stereocenters. The SMILES string of the molecule is CC(C)CNCC(C)(O)CCc1ccnn1C. The van der Waals surface area contributed by atoms with Crippen LogP contribution in [0.5, 0.6) is 0 Å². The first kappa shape index (κ1) is 14.2. The van der Waals surface area contributed by atoms with E-state index in [4.69, 9.17) is 0 Å². The molecule has 0 aliphatic carbocycles. The second-order valence-corrected chi connectivity index (χ2v) is 5.47. The Morgan fingerprint density at radius 1 is 1.53 bits per heavy atom. The number of aliphatic hydroxyl groups is 1. The van der Waals surface area contributed by atoms with Crippen molar-refractivity contribution < 1.29 is 5.11 Å². The molecule has 1 atom stereocenters. The van der Waals surface area contributed by atoms with Crippen LogP contribution in [0, 0.1) is 5.92 Å². The van der Waals surface area contributed by atoms with Crippen molar-refractivity contribution in [2.24, 2.45) is 13.0 Å². The molecule has 98 valence electrons. The summed E-state index contributed by atoms with van der Waals surface area (Å²) in [5.74, 6) is 0.614. The largest absolute Gasteiger partial charge is 0.389 e. The van der Waals surface area contributed by atoms with Gasteiger partial charge >= 0.3 is 0 Å². The molecule has 4 heteroatoms. The normalized spacial score (nSPS) is 15.2. The van der Waals surface area contributed by atoms with Gasteiger partial charge in [0.15, 0.2) is 0 Å². The fourth-order valence-corrected chi connectivity index (χ4v) is 1.76. The lowest BCUT2D eigenvalue weighted by Gasteiger charge is -2.24. The number of hydrogen-bond acceptors (Lipinski definition) is 3. The molecule has 17 heavy (non-hydrogen) atoms. The molecule has 0 spiro atoms. The standard InChI is InChI=1S/C13H25N3O/c1-11(2)9-14-10-13(3,17)7-5-12-6-8-15-16(12)4/h6,8,11,14,17H,5,7,9-10H2,1-4H3. The quantitative estimate of drug-likeness (QED) is 0.755. The maximum atomic E-state index is 10.2. The molecular formula is C13H25N3O. The third-order valence-corrected chi connectivity index (χ3v) is 2.90. The highest BCUT2D eigenvalue weighted by atomic mass is 16.3. The topological polar surface area (TPSA) is 50.1 Å². The lowest BCUT2D eigenvalue weighted by atomic mass is 9.98. The molecule has 0 aliphatic rings. The van der Waals surface area contributed by atoms with Crippen molar-refractivity contribution in [3.8, 4) is 0 Å². The number of aromatic nitrogens is 2. The first-order chi connectivity index (χ1) is 7.91. The van der Waals surface area contributed by atoms with Gasteiger partial charge in [0, 0.05) is 25.5 Å². The van der Waals surface area contributed by atoms with Crippen molar-refractivity contribution in [3.05, 3.63) is 18.0 Å². The molecule has 0 radical (unpaired) electrons. The Labute approximate surface area is 104 Å². The van der Waals surface area contributed by atoms with E-state index in [0.29, 0.717) is 12.5 Å². The smallest absolute Gasteiger partial charge is 0.0747 e. The molecule has 1 aromatic rings. The fourth-order valence-electron chi connectivity index (χ4n) is 1.76. The Balaban J connectivity index is 2.31. The molecule has 0 bridgehead atoms. The van der Waals surface area contributed by atoms with Crippen molar-refractivity contribution in [2.45, 2.75) is 39.2 Å². The van der Waals surface area contributed by atoms with Gasteiger partial charge in [0.1, 0.15) is 0 Å². The molecule has 4 nitrogen and oxygen atoms in total. The van der Waals surface area contributed by atoms with E-state index >= 15 is 0 Å². The zero-order valence-electron chi connectivity index (χ0n) is 11.4. The van der Waals surface area contributed by atoms with E-state index in [1.807, 2.05) is 24.7 Å². The highest BCUT2D eigenvalue weighted by Crippen LogP contribution is 2.12. The van der Waals surface area contributed by atoms with Crippen LogP contribution in [-0.4, -0.2) is 33.6 Å². The monoisotopic (exact) mass is 239 g/mol. The fraction of sp³-hybridized carbons (Fsp3) is 0.769. The highest BCUT2D eigenvalue weighted by Gasteiger charge is 2.20. The molecule has 0 aromatic carbocycles. The summed E-state index contributed by atoms with van der Waals surface area (Å²) in [4.78, 5) is 0. The van der Waals surface area contributed by atoms with Crippen LogP contribution in [0.4, 0.5) is 0 Å². The highest BCUT2D eigenvalue weighted by molar-refractivity contribution is 5.01. The Morgan fingerprint density at radius 2 is 2.24 bits per heavy atom. The number of hydrogen-bond donors (Lipinski definition) is 2. The first-order valence-corrected chi connectivity index (χ1v) is 6.31. The van der Waals surface area contributed by atoms with Gasteiger partial charge in [-0.05, 0) is 38.3 Å². The van der Waals surface area contributed by atoms with Gasteiger partial charge in [0.05, 0.1) is 5.60 Å². The van der Waals surface area contributed by atoms with Crippen LogP contribution >= 0.6 is 0 Å². The minimum absolute atomic E-state index is 0.614. The average Bonchev–Trinajstić information content (AvgIpc) is 2.60. The van der Waals surface area contributed by atoms with Gasteiger partial charge in [-0.15, -0.1) is 0 Å². The summed E-state index contributed by atoms with van der Waals surface area (Å²) in [5, 5.41) is 17.6. The van der Waals surface area contributed by atoms with E-state index in [2.05, 4.69) is 24.3 Å². The Kier molecular flexibility index (Phi) is 5.15. The molecule has 0 aliphatic heterocycles. The summed E-state index contributed by atoms with van der Waals surface area (Å²) in [6.45, 7) is 7.80. The minimum atomic E-state index is -0.654. The predicted molar refractivity (Wildman–Crippen MR) is 69.9 cm³/mol. The maximum absolute atomic E-state index is 10.2. The molecular weight excluding hydrogens is 214 g/mol. The Bertz CT molecular complexity index is 331. The summed E-state index contributed by atoms with van der Waals surface area (Å²) in [5.41, 5.74) is 0.508. The van der Waals surface area contributed by atoms with Crippen molar-refractivity contribution >= 4 is 0 Å². The summed E-state index contributed by atoms with van der Waals surface area (Å²) in [7, 11) is 1.93. The number of nitrogens with one attached hydrogen (secondary N) is 1. The van der Waals surface area contributed by atoms with E-state index < -0.39 is 5.60 Å². The average molecular weight is 239 g/mol. The van der Waals surface area contributed by atoms with Gasteiger partial charge in [-0.1, -0.05) is 13.8 Å². The lowest BCUT2D eigenvalue weighted by Crippen LogP contribution is -2.39. The third-order valence-electron chi connectivity index (χ3n) is 2.90. The van der Waals surface area contributed by atoms with E-state index in [1.54, 1.807) is 6.20 Å². The molecule has 1 aromatic heterocycles. The van der Waals surface area contributed by atoms with Crippen LogP contribution in [-0.2, 0) is 13.5 Å². The van der Waals surface area contributed by atoms with E-state index in [-0.39, 0.29) is 0 Å². The van der Waals surface area contributed by atoms with Gasteiger partial charge in [0.2, 0.25) is 0 Å². The summed E-state index contributed by atoms with van der Waals surface area (Å²) < 4.78 is 1.86. The van der Waals surface area contributed by atoms with Gasteiger partial charge < -0.3 is 10.4 Å². The Morgan fingerprint density at radius 3 is 2.76 bits per heavy atom. The maximum Gasteiger partial charge on any atom is 0.0747 e.